The lowest BCUT2D eigenvalue weighted by Gasteiger charge is -2.37. The predicted octanol–water partition coefficient (Wildman–Crippen LogP) is 1.23. The van der Waals surface area contributed by atoms with Crippen LogP contribution in [0.4, 0.5) is 11.6 Å². The minimum absolute atomic E-state index is 0.266. The van der Waals surface area contributed by atoms with Gasteiger partial charge in [-0.3, -0.25) is 9.69 Å². The molecule has 29 heavy (non-hydrogen) atoms. The van der Waals surface area contributed by atoms with Crippen molar-refractivity contribution in [3.63, 3.8) is 0 Å². The standard InChI is InChI=1S/C21H34N6O2/c1-24(18-5-3-2-4-6-18)21(28)16-25-7-9-26(10-8-25)19-15-20(23-17-22-19)27-11-13-29-14-12-27/h15,17-18H,2-14,16H2,1H3. The summed E-state index contributed by atoms with van der Waals surface area (Å²) >= 11 is 0. The first kappa shape index (κ1) is 20.3. The number of amides is 1. The highest BCUT2D eigenvalue weighted by Crippen LogP contribution is 2.22. The van der Waals surface area contributed by atoms with Crippen LogP contribution in [0, 0.1) is 0 Å². The molecule has 0 atom stereocenters. The summed E-state index contributed by atoms with van der Waals surface area (Å²) in [5.41, 5.74) is 0. The number of hydrogen-bond acceptors (Lipinski definition) is 7. The molecule has 4 rings (SSSR count). The Morgan fingerprint density at radius 3 is 2.28 bits per heavy atom. The van der Waals surface area contributed by atoms with Crippen LogP contribution in [0.25, 0.3) is 0 Å². The van der Waals surface area contributed by atoms with Gasteiger partial charge < -0.3 is 19.4 Å². The van der Waals surface area contributed by atoms with E-state index < -0.39 is 0 Å². The molecule has 1 amide bonds. The van der Waals surface area contributed by atoms with Gasteiger partial charge in [0, 0.05) is 58.4 Å². The zero-order chi connectivity index (χ0) is 20.1. The lowest BCUT2D eigenvalue weighted by molar-refractivity contribution is -0.133. The van der Waals surface area contributed by atoms with Crippen LogP contribution in [0.2, 0.25) is 0 Å². The number of carbonyl (C=O) groups excluding carboxylic acids is 1. The molecule has 1 aliphatic carbocycles. The van der Waals surface area contributed by atoms with Crippen molar-refractivity contribution in [1.29, 1.82) is 0 Å². The number of piperazine rings is 1. The molecule has 0 unspecified atom stereocenters. The van der Waals surface area contributed by atoms with E-state index in [2.05, 4.69) is 30.7 Å². The maximum atomic E-state index is 12.7. The third kappa shape index (κ3) is 5.17. The molecule has 1 saturated carbocycles. The lowest BCUT2D eigenvalue weighted by atomic mass is 9.94. The molecule has 3 aliphatic rings. The number of nitrogens with zero attached hydrogens (tertiary/aromatic N) is 6. The van der Waals surface area contributed by atoms with Gasteiger partial charge in [-0.2, -0.15) is 0 Å². The third-order valence-electron chi connectivity index (χ3n) is 6.54. The maximum absolute atomic E-state index is 12.7. The number of morpholine rings is 1. The van der Waals surface area contributed by atoms with Crippen molar-refractivity contribution in [2.45, 2.75) is 38.1 Å². The van der Waals surface area contributed by atoms with Crippen LogP contribution in [-0.2, 0) is 9.53 Å². The van der Waals surface area contributed by atoms with Crippen molar-refractivity contribution in [2.75, 3.05) is 75.9 Å². The number of rotatable bonds is 5. The quantitative estimate of drug-likeness (QED) is 0.734. The van der Waals surface area contributed by atoms with E-state index in [0.717, 1.165) is 77.0 Å². The molecule has 3 fully saturated rings. The fourth-order valence-electron chi connectivity index (χ4n) is 4.59. The van der Waals surface area contributed by atoms with Crippen LogP contribution in [0.15, 0.2) is 12.4 Å². The highest BCUT2D eigenvalue weighted by atomic mass is 16.5. The molecule has 8 nitrogen and oxygen atoms in total. The molecule has 0 N–H and O–H groups in total. The van der Waals surface area contributed by atoms with Crippen LogP contribution in [0.3, 0.4) is 0 Å². The van der Waals surface area contributed by atoms with Gasteiger partial charge in [0.15, 0.2) is 0 Å². The van der Waals surface area contributed by atoms with Crippen molar-refractivity contribution >= 4 is 17.5 Å². The Kier molecular flexibility index (Phi) is 6.82. The van der Waals surface area contributed by atoms with Crippen molar-refractivity contribution in [3.8, 4) is 0 Å². The first-order valence-electron chi connectivity index (χ1n) is 11.1. The second-order valence-electron chi connectivity index (χ2n) is 8.39. The van der Waals surface area contributed by atoms with Crippen molar-refractivity contribution in [2.24, 2.45) is 0 Å². The molecule has 2 saturated heterocycles. The highest BCUT2D eigenvalue weighted by molar-refractivity contribution is 5.78. The van der Waals surface area contributed by atoms with E-state index in [4.69, 9.17) is 4.74 Å². The SMILES string of the molecule is CN(C(=O)CN1CCN(c2cc(N3CCOCC3)ncn2)CC1)C1CCCCC1. The van der Waals surface area contributed by atoms with E-state index in [9.17, 15) is 4.79 Å². The van der Waals surface area contributed by atoms with Gasteiger partial charge >= 0.3 is 0 Å². The summed E-state index contributed by atoms with van der Waals surface area (Å²) in [6.07, 6.45) is 7.81. The normalized spacial score (nSPS) is 22.0. The van der Waals surface area contributed by atoms with Gasteiger partial charge in [-0.05, 0) is 12.8 Å². The first-order valence-corrected chi connectivity index (χ1v) is 11.1. The molecule has 0 aromatic carbocycles. The molecule has 3 heterocycles. The molecule has 8 heteroatoms. The summed E-state index contributed by atoms with van der Waals surface area (Å²) in [7, 11) is 1.99. The Morgan fingerprint density at radius 2 is 1.62 bits per heavy atom. The molecule has 2 aliphatic heterocycles. The van der Waals surface area contributed by atoms with Gasteiger partial charge in [0.1, 0.15) is 18.0 Å². The molecular formula is C21H34N6O2. The predicted molar refractivity (Wildman–Crippen MR) is 113 cm³/mol. The zero-order valence-corrected chi connectivity index (χ0v) is 17.6. The summed E-state index contributed by atoms with van der Waals surface area (Å²) in [6.45, 7) is 7.34. The van der Waals surface area contributed by atoms with Gasteiger partial charge in [0.25, 0.3) is 0 Å². The average Bonchev–Trinajstić information content (AvgIpc) is 2.80. The van der Waals surface area contributed by atoms with Crippen LogP contribution in [0.5, 0.6) is 0 Å². The van der Waals surface area contributed by atoms with Gasteiger partial charge in [0.05, 0.1) is 19.8 Å². The van der Waals surface area contributed by atoms with Gasteiger partial charge in [-0.15, -0.1) is 0 Å². The van der Waals surface area contributed by atoms with Gasteiger partial charge in [0.2, 0.25) is 5.91 Å². The first-order chi connectivity index (χ1) is 14.2. The van der Waals surface area contributed by atoms with Crippen LogP contribution >= 0.6 is 0 Å². The Hall–Kier alpha value is -1.93. The molecule has 0 bridgehead atoms. The summed E-state index contributed by atoms with van der Waals surface area (Å²) < 4.78 is 5.43. The number of aromatic nitrogens is 2. The third-order valence-corrected chi connectivity index (χ3v) is 6.54. The largest absolute Gasteiger partial charge is 0.378 e. The van der Waals surface area contributed by atoms with Crippen molar-refractivity contribution in [3.05, 3.63) is 12.4 Å². The second-order valence-corrected chi connectivity index (χ2v) is 8.39. The summed E-state index contributed by atoms with van der Waals surface area (Å²) in [5.74, 6) is 2.22. The minimum Gasteiger partial charge on any atom is -0.378 e. The highest BCUT2D eigenvalue weighted by Gasteiger charge is 2.26. The monoisotopic (exact) mass is 402 g/mol. The zero-order valence-electron chi connectivity index (χ0n) is 17.6. The van der Waals surface area contributed by atoms with Crippen LogP contribution < -0.4 is 9.80 Å². The van der Waals surface area contributed by atoms with E-state index in [0.29, 0.717) is 12.6 Å². The molecular weight excluding hydrogens is 368 g/mol. The number of ether oxygens (including phenoxy) is 1. The van der Waals surface area contributed by atoms with Crippen LogP contribution in [0.1, 0.15) is 32.1 Å². The summed E-state index contributed by atoms with van der Waals surface area (Å²) in [6, 6.07) is 2.53. The summed E-state index contributed by atoms with van der Waals surface area (Å²) in [4.78, 5) is 30.5. The van der Waals surface area contributed by atoms with E-state index in [1.54, 1.807) is 6.33 Å². The fourth-order valence-corrected chi connectivity index (χ4v) is 4.59. The average molecular weight is 403 g/mol. The molecule has 1 aromatic heterocycles. The van der Waals surface area contributed by atoms with Crippen LogP contribution in [-0.4, -0.2) is 97.8 Å². The molecule has 160 valence electrons. The Balaban J connectivity index is 1.27. The maximum Gasteiger partial charge on any atom is 0.236 e. The molecule has 0 radical (unpaired) electrons. The minimum atomic E-state index is 0.266. The number of carbonyl (C=O) groups is 1. The summed E-state index contributed by atoms with van der Waals surface area (Å²) in [5, 5.41) is 0. The van der Waals surface area contributed by atoms with E-state index in [-0.39, 0.29) is 5.91 Å². The number of likely N-dealkylation sites (N-methyl/N-ethyl adjacent to an activating group) is 1. The van der Waals surface area contributed by atoms with E-state index in [1.807, 2.05) is 11.9 Å². The second kappa shape index (κ2) is 9.71. The topological polar surface area (TPSA) is 65.0 Å². The number of hydrogen-bond donors (Lipinski definition) is 0. The van der Waals surface area contributed by atoms with Crippen molar-refractivity contribution in [1.82, 2.24) is 19.8 Å². The Bertz CT molecular complexity index is 667. The number of anilines is 2. The van der Waals surface area contributed by atoms with Gasteiger partial charge in [-0.25, -0.2) is 9.97 Å². The smallest absolute Gasteiger partial charge is 0.236 e. The van der Waals surface area contributed by atoms with Crippen molar-refractivity contribution < 1.29 is 9.53 Å². The Morgan fingerprint density at radius 1 is 1.00 bits per heavy atom. The molecule has 0 spiro atoms. The van der Waals surface area contributed by atoms with E-state index in [1.165, 1.54) is 19.3 Å². The van der Waals surface area contributed by atoms with E-state index >= 15 is 0 Å². The molecule has 1 aromatic rings. The fraction of sp³-hybridized carbons (Fsp3) is 0.762. The lowest BCUT2D eigenvalue weighted by Crippen LogP contribution is -2.51. The van der Waals surface area contributed by atoms with Gasteiger partial charge in [-0.1, -0.05) is 19.3 Å². The Labute approximate surface area is 173 Å².